The predicted octanol–water partition coefficient (Wildman–Crippen LogP) is 8.32. The van der Waals surface area contributed by atoms with Gasteiger partial charge in [-0.3, -0.25) is 0 Å². The van der Waals surface area contributed by atoms with E-state index in [1.165, 1.54) is 33.4 Å². The van der Waals surface area contributed by atoms with Gasteiger partial charge in [-0.15, -0.1) is 0 Å². The van der Waals surface area contributed by atoms with E-state index in [1.54, 1.807) is 0 Å². The summed E-state index contributed by atoms with van der Waals surface area (Å²) in [5.74, 6) is 0. The molecule has 0 nitrogen and oxygen atoms in total. The molecule has 0 saturated heterocycles. The van der Waals surface area contributed by atoms with Crippen molar-refractivity contribution in [1.82, 2.24) is 0 Å². The summed E-state index contributed by atoms with van der Waals surface area (Å²) in [5, 5.41) is -4.46. The molecule has 2 unspecified atom stereocenters. The molecule has 173 valence electrons. The molecule has 0 aliphatic heterocycles. The van der Waals surface area contributed by atoms with Crippen molar-refractivity contribution in [1.29, 1.82) is 0 Å². The Morgan fingerprint density at radius 2 is 0.969 bits per heavy atom. The van der Waals surface area contributed by atoms with E-state index in [4.69, 9.17) is 0 Å². The van der Waals surface area contributed by atoms with E-state index in [0.29, 0.717) is 0 Å². The van der Waals surface area contributed by atoms with Crippen molar-refractivity contribution < 1.29 is 10.9 Å². The molecule has 0 N–H and O–H groups in total. The number of benzene rings is 2. The molecule has 0 amide bonds. The van der Waals surface area contributed by atoms with Crippen molar-refractivity contribution in [3.8, 4) is 0 Å². The van der Waals surface area contributed by atoms with Gasteiger partial charge in [-0.25, -0.2) is 0 Å². The summed E-state index contributed by atoms with van der Waals surface area (Å²) in [6, 6.07) is 17.9. The molecule has 0 radical (unpaired) electrons. The maximum atomic E-state index is 9.18. The van der Waals surface area contributed by atoms with Gasteiger partial charge in [0.25, 0.3) is 0 Å². The molecule has 0 aromatic heterocycles. The zero-order valence-corrected chi connectivity index (χ0v) is 29.2. The van der Waals surface area contributed by atoms with Crippen LogP contribution in [0.5, 0.6) is 0 Å². The average Bonchev–Trinajstić information content (AvgIpc) is 3.16. The zero-order valence-electron chi connectivity index (χ0n) is 21.2. The average molecular weight is 598 g/mol. The summed E-state index contributed by atoms with van der Waals surface area (Å²) in [5.41, 5.74) is 8.24. The third kappa shape index (κ3) is 2.25. The number of halogens is 2. The van der Waals surface area contributed by atoms with Gasteiger partial charge in [-0.05, 0) is 0 Å². The molecule has 2 aromatic carbocycles. The van der Waals surface area contributed by atoms with Crippen LogP contribution in [-0.4, -0.2) is 17.8 Å². The van der Waals surface area contributed by atoms with Crippen molar-refractivity contribution >= 4 is 46.9 Å². The number of hydrogen-bond donors (Lipinski definition) is 0. The van der Waals surface area contributed by atoms with E-state index in [0.717, 1.165) is 7.37 Å². The summed E-state index contributed by atoms with van der Waals surface area (Å²) >= 11 is 0. The Morgan fingerprint density at radius 1 is 0.656 bits per heavy atom. The Morgan fingerprint density at radius 3 is 1.28 bits per heavy atom. The van der Waals surface area contributed by atoms with Gasteiger partial charge in [0.2, 0.25) is 0 Å². The molecule has 4 rings (SSSR count). The van der Waals surface area contributed by atoms with Gasteiger partial charge >= 0.3 is 200 Å². The van der Waals surface area contributed by atoms with Crippen molar-refractivity contribution in [2.45, 2.75) is 60.4 Å². The van der Waals surface area contributed by atoms with E-state index >= 15 is 0 Å². The van der Waals surface area contributed by atoms with Gasteiger partial charge in [0, 0.05) is 0 Å². The second kappa shape index (κ2) is 6.23. The van der Waals surface area contributed by atoms with Crippen LogP contribution in [0, 0.1) is 0 Å². The summed E-state index contributed by atoms with van der Waals surface area (Å²) < 4.78 is 0.298. The molecular formula is C26H39Cl2Si3Zr. The third-order valence-electron chi connectivity index (χ3n) is 11.3. The van der Waals surface area contributed by atoms with Crippen LogP contribution in [0.3, 0.4) is 0 Å². The fourth-order valence-corrected chi connectivity index (χ4v) is 136. The first-order valence-electron chi connectivity index (χ1n) is 11.9. The Labute approximate surface area is 198 Å². The second-order valence-corrected chi connectivity index (χ2v) is 151. The number of fused-ring (bicyclic) bond motifs is 2. The summed E-state index contributed by atoms with van der Waals surface area (Å²) in [6.45, 7) is 19.8. The molecule has 0 saturated carbocycles. The summed E-state index contributed by atoms with van der Waals surface area (Å²) in [6.07, 6.45) is 4.80. The SMILES string of the molecule is CC1=Cc2ccccc2[CH]1[Zr]([SiH3])([Cl])([Cl])([CH]1C(C)=Cc2ccccc21)([Si](C)(C)C)[Si](C)(C)C. The van der Waals surface area contributed by atoms with Crippen LogP contribution in [0.1, 0.15) is 43.4 Å². The van der Waals surface area contributed by atoms with Crippen molar-refractivity contribution in [2.24, 2.45) is 0 Å². The molecular weight excluding hydrogens is 559 g/mol. The Bertz CT molecular complexity index is 1150. The summed E-state index contributed by atoms with van der Waals surface area (Å²) in [7, 11) is 13.4. The normalized spacial score (nSPS) is 24.5. The van der Waals surface area contributed by atoms with Crippen LogP contribution in [-0.2, 0) is 10.9 Å². The van der Waals surface area contributed by atoms with Gasteiger partial charge in [0.05, 0.1) is 0 Å². The predicted molar refractivity (Wildman–Crippen MR) is 154 cm³/mol. The van der Waals surface area contributed by atoms with E-state index in [1.807, 2.05) is 0 Å². The van der Waals surface area contributed by atoms with E-state index < -0.39 is 21.3 Å². The monoisotopic (exact) mass is 595 g/mol. The Hall–Kier alpha value is 0.0338. The van der Waals surface area contributed by atoms with Crippen molar-refractivity contribution in [3.05, 3.63) is 81.9 Å². The van der Waals surface area contributed by atoms with Crippen LogP contribution < -0.4 is 0 Å². The van der Waals surface area contributed by atoms with Gasteiger partial charge in [0.15, 0.2) is 0 Å². The van der Waals surface area contributed by atoms with Gasteiger partial charge < -0.3 is 0 Å². The fourth-order valence-electron chi connectivity index (χ4n) is 8.54. The molecule has 0 heterocycles. The molecule has 6 heteroatoms. The number of allylic oxidation sites excluding steroid dienone is 2. The minimum atomic E-state index is -5.82. The first-order valence-corrected chi connectivity index (χ1v) is 43.8. The second-order valence-electron chi connectivity index (χ2n) is 13.6. The molecule has 0 fully saturated rings. The first kappa shape index (κ1) is 25.1. The van der Waals surface area contributed by atoms with Crippen molar-refractivity contribution in [3.63, 3.8) is 0 Å². The number of hydrogen-bond acceptors (Lipinski definition) is 0. The quantitative estimate of drug-likeness (QED) is 0.311. The molecule has 0 spiro atoms. The third-order valence-corrected chi connectivity index (χ3v) is 249. The van der Waals surface area contributed by atoms with E-state index in [-0.39, 0.29) is 7.25 Å². The van der Waals surface area contributed by atoms with Crippen molar-refractivity contribution in [2.75, 3.05) is 0 Å². The number of rotatable bonds is 4. The van der Waals surface area contributed by atoms with Gasteiger partial charge in [-0.2, -0.15) is 0 Å². The first-order chi connectivity index (χ1) is 14.4. The standard InChI is InChI=1S/2C10H9.2C3H9Si.2ClH.H3Si.Zr/c2*1-8-6-9-4-2-3-5-10(9)7-8;2*1-4(2)3;;;;/h2*2-7H,1H3;2*1-3H3;2*1H;1H3;/q;;;;;;;+2/p-2. The molecule has 0 bridgehead atoms. The molecule has 2 aliphatic rings. The van der Waals surface area contributed by atoms with E-state index in [2.05, 4.69) is 114 Å². The van der Waals surface area contributed by atoms with Gasteiger partial charge in [-0.1, -0.05) is 0 Å². The summed E-state index contributed by atoms with van der Waals surface area (Å²) in [4.78, 5) is 0. The Kier molecular flexibility index (Phi) is 4.89. The molecule has 32 heavy (non-hydrogen) atoms. The van der Waals surface area contributed by atoms with E-state index in [9.17, 15) is 17.0 Å². The van der Waals surface area contributed by atoms with Crippen LogP contribution in [0.4, 0.5) is 0 Å². The fraction of sp³-hybridized carbons (Fsp3) is 0.385. The van der Waals surface area contributed by atoms with Crippen LogP contribution in [0.2, 0.25) is 39.3 Å². The zero-order chi connectivity index (χ0) is 24.1. The Balaban J connectivity index is 2.35. The molecule has 2 aromatic rings. The topological polar surface area (TPSA) is 0 Å². The van der Waals surface area contributed by atoms with Crippen LogP contribution in [0.15, 0.2) is 59.7 Å². The van der Waals surface area contributed by atoms with Crippen LogP contribution >= 0.6 is 17.0 Å². The van der Waals surface area contributed by atoms with Gasteiger partial charge in [0.1, 0.15) is 0 Å². The maximum absolute atomic E-state index is 9.18. The molecule has 2 atom stereocenters. The minimum absolute atomic E-state index is 0.149. The molecule has 2 aliphatic carbocycles. The van der Waals surface area contributed by atoms with Crippen LogP contribution in [0.25, 0.3) is 12.2 Å².